The van der Waals surface area contributed by atoms with Gasteiger partial charge in [0.15, 0.2) is 0 Å². The highest BCUT2D eigenvalue weighted by atomic mass is 16.5. The van der Waals surface area contributed by atoms with Crippen LogP contribution in [0.4, 0.5) is 0 Å². The van der Waals surface area contributed by atoms with E-state index in [-0.39, 0.29) is 23.6 Å². The Kier molecular flexibility index (Phi) is 6.92. The van der Waals surface area contributed by atoms with Crippen molar-refractivity contribution in [2.45, 2.75) is 19.9 Å². The summed E-state index contributed by atoms with van der Waals surface area (Å²) in [6, 6.07) is 6.23. The molecule has 1 saturated heterocycles. The van der Waals surface area contributed by atoms with E-state index in [0.29, 0.717) is 34.7 Å². The number of nitrogens with zero attached hydrogens (tertiary/aromatic N) is 2. The molecule has 1 aromatic carbocycles. The van der Waals surface area contributed by atoms with Crippen LogP contribution in [0.15, 0.2) is 29.8 Å². The summed E-state index contributed by atoms with van der Waals surface area (Å²) in [6.45, 7) is 4.11. The molecule has 0 unspecified atom stereocenters. The number of hydrogen-bond donors (Lipinski definition) is 2. The average Bonchev–Trinajstić information content (AvgIpc) is 3.23. The zero-order valence-corrected chi connectivity index (χ0v) is 19.7. The predicted molar refractivity (Wildman–Crippen MR) is 122 cm³/mol. The van der Waals surface area contributed by atoms with E-state index in [0.717, 1.165) is 0 Å². The number of H-pyrrole nitrogens is 1. The van der Waals surface area contributed by atoms with Gasteiger partial charge in [-0.25, -0.2) is 4.79 Å². The molecule has 1 aliphatic rings. The van der Waals surface area contributed by atoms with E-state index in [4.69, 9.17) is 9.47 Å². The van der Waals surface area contributed by atoms with E-state index in [1.54, 1.807) is 38.1 Å². The van der Waals surface area contributed by atoms with Gasteiger partial charge >= 0.3 is 5.97 Å². The topological polar surface area (TPSA) is 112 Å². The fourth-order valence-electron chi connectivity index (χ4n) is 4.18. The van der Waals surface area contributed by atoms with E-state index in [1.807, 2.05) is 19.0 Å². The smallest absolute Gasteiger partial charge is 0.354 e. The van der Waals surface area contributed by atoms with Crippen molar-refractivity contribution in [1.82, 2.24) is 14.8 Å². The number of para-hydroxylation sites is 1. The lowest BCUT2D eigenvalue weighted by atomic mass is 9.93. The van der Waals surface area contributed by atoms with Crippen molar-refractivity contribution in [3.8, 4) is 5.75 Å². The molecule has 9 heteroatoms. The van der Waals surface area contributed by atoms with Gasteiger partial charge in [0.05, 0.1) is 25.8 Å². The number of amides is 1. The molecule has 1 amide bonds. The Hall–Kier alpha value is -3.59. The van der Waals surface area contributed by atoms with Crippen molar-refractivity contribution in [1.29, 1.82) is 0 Å². The molecule has 0 aliphatic carbocycles. The third-order valence-corrected chi connectivity index (χ3v) is 5.83. The fourth-order valence-corrected chi connectivity index (χ4v) is 4.18. The average molecular weight is 456 g/mol. The molecule has 1 atom stereocenters. The van der Waals surface area contributed by atoms with Crippen LogP contribution in [0, 0.1) is 13.8 Å². The number of carbonyl (C=O) groups excluding carboxylic acids is 3. The summed E-state index contributed by atoms with van der Waals surface area (Å²) in [4.78, 5) is 44.7. The Morgan fingerprint density at radius 3 is 2.45 bits per heavy atom. The molecule has 33 heavy (non-hydrogen) atoms. The van der Waals surface area contributed by atoms with Crippen LogP contribution in [0.1, 0.15) is 38.9 Å². The molecule has 2 N–H and O–H groups in total. The van der Waals surface area contributed by atoms with Crippen molar-refractivity contribution in [3.05, 3.63) is 57.9 Å². The summed E-state index contributed by atoms with van der Waals surface area (Å²) in [6.07, 6.45) is 0. The maximum Gasteiger partial charge on any atom is 0.354 e. The monoisotopic (exact) mass is 455 g/mol. The standard InChI is InChI=1S/C24H29N3O6/c1-13-17(14(2)25-19(13)24(31)33-6)21(28)18-20(15-9-7-8-10-16(15)32-5)27(12-11-26(3)4)23(30)22(18)29/h7-10,20,25,28H,11-12H2,1-6H3/t20-/m1/s1. The van der Waals surface area contributed by atoms with Crippen molar-refractivity contribution in [3.63, 3.8) is 0 Å². The summed E-state index contributed by atoms with van der Waals surface area (Å²) >= 11 is 0. The van der Waals surface area contributed by atoms with Gasteiger partial charge in [0.1, 0.15) is 17.2 Å². The number of esters is 1. The second-order valence-corrected chi connectivity index (χ2v) is 8.15. The van der Waals surface area contributed by atoms with E-state index in [9.17, 15) is 19.5 Å². The minimum Gasteiger partial charge on any atom is -0.507 e. The lowest BCUT2D eigenvalue weighted by molar-refractivity contribution is -0.140. The van der Waals surface area contributed by atoms with E-state index >= 15 is 0 Å². The Bertz CT molecular complexity index is 1130. The maximum atomic E-state index is 13.2. The number of likely N-dealkylation sites (tertiary alicyclic amines) is 1. The molecule has 1 fully saturated rings. The van der Waals surface area contributed by atoms with Crippen molar-refractivity contribution in [2.75, 3.05) is 41.4 Å². The molecule has 3 rings (SSSR count). The van der Waals surface area contributed by atoms with Gasteiger partial charge in [0, 0.05) is 29.9 Å². The first kappa shape index (κ1) is 24.1. The number of aromatic amines is 1. The van der Waals surface area contributed by atoms with Crippen LogP contribution in [-0.2, 0) is 14.3 Å². The number of rotatable bonds is 7. The minimum atomic E-state index is -0.851. The van der Waals surface area contributed by atoms with E-state index in [2.05, 4.69) is 4.98 Å². The number of hydrogen-bond acceptors (Lipinski definition) is 7. The lowest BCUT2D eigenvalue weighted by Gasteiger charge is -2.27. The Morgan fingerprint density at radius 2 is 1.85 bits per heavy atom. The number of aromatic nitrogens is 1. The second kappa shape index (κ2) is 9.50. The third kappa shape index (κ3) is 4.23. The van der Waals surface area contributed by atoms with Gasteiger partial charge in [-0.2, -0.15) is 0 Å². The van der Waals surface area contributed by atoms with Crippen LogP contribution in [0.25, 0.3) is 5.76 Å². The molecular formula is C24H29N3O6. The number of benzene rings is 1. The van der Waals surface area contributed by atoms with Crippen LogP contribution in [0.5, 0.6) is 5.75 Å². The Labute approximate surface area is 192 Å². The highest BCUT2D eigenvalue weighted by Gasteiger charge is 2.47. The number of carbonyl (C=O) groups is 3. The summed E-state index contributed by atoms with van der Waals surface area (Å²) < 4.78 is 10.3. The zero-order chi connectivity index (χ0) is 24.4. The molecule has 2 heterocycles. The first-order valence-electron chi connectivity index (χ1n) is 10.5. The SMILES string of the molecule is COC(=O)c1[nH]c(C)c(C(O)=C2C(=O)C(=O)N(CCN(C)C)[C@@H]2c2ccccc2OC)c1C. The molecule has 0 bridgehead atoms. The molecule has 1 aromatic heterocycles. The number of aryl methyl sites for hydroxylation is 1. The second-order valence-electron chi connectivity index (χ2n) is 8.15. The number of aliphatic hydroxyl groups is 1. The van der Waals surface area contributed by atoms with Gasteiger partial charge in [0.25, 0.3) is 11.7 Å². The van der Waals surface area contributed by atoms with Crippen molar-refractivity contribution >= 4 is 23.4 Å². The number of aliphatic hydroxyl groups excluding tert-OH is 1. The van der Waals surface area contributed by atoms with E-state index in [1.165, 1.54) is 19.1 Å². The number of Topliss-reactive ketones (excluding diaryl/α,β-unsaturated/α-hetero) is 1. The molecule has 176 valence electrons. The minimum absolute atomic E-state index is 0.0510. The molecule has 2 aromatic rings. The highest BCUT2D eigenvalue weighted by molar-refractivity contribution is 6.46. The molecular weight excluding hydrogens is 426 g/mol. The number of nitrogens with one attached hydrogen (secondary N) is 1. The Balaban J connectivity index is 2.26. The fraction of sp³-hybridized carbons (Fsp3) is 0.375. The largest absolute Gasteiger partial charge is 0.507 e. The molecule has 0 saturated carbocycles. The van der Waals surface area contributed by atoms with Gasteiger partial charge in [-0.1, -0.05) is 18.2 Å². The van der Waals surface area contributed by atoms with Gasteiger partial charge in [-0.15, -0.1) is 0 Å². The van der Waals surface area contributed by atoms with Gasteiger partial charge in [-0.05, 0) is 39.6 Å². The summed E-state index contributed by atoms with van der Waals surface area (Å²) in [7, 11) is 6.51. The predicted octanol–water partition coefficient (Wildman–Crippen LogP) is 2.41. The van der Waals surface area contributed by atoms with Crippen LogP contribution in [-0.4, -0.2) is 79.0 Å². The highest BCUT2D eigenvalue weighted by Crippen LogP contribution is 2.43. The maximum absolute atomic E-state index is 13.2. The van der Waals surface area contributed by atoms with Gasteiger partial charge in [-0.3, -0.25) is 9.59 Å². The van der Waals surface area contributed by atoms with Crippen LogP contribution < -0.4 is 4.74 Å². The number of ketones is 1. The third-order valence-electron chi connectivity index (χ3n) is 5.83. The molecule has 1 aliphatic heterocycles. The van der Waals surface area contributed by atoms with Crippen LogP contribution in [0.2, 0.25) is 0 Å². The van der Waals surface area contributed by atoms with Crippen molar-refractivity contribution in [2.24, 2.45) is 0 Å². The summed E-state index contributed by atoms with van der Waals surface area (Å²) in [5.74, 6) is -1.95. The normalized spacial score (nSPS) is 17.7. The first-order valence-corrected chi connectivity index (χ1v) is 10.5. The van der Waals surface area contributed by atoms with Crippen LogP contribution in [0.3, 0.4) is 0 Å². The zero-order valence-electron chi connectivity index (χ0n) is 19.7. The van der Waals surface area contributed by atoms with E-state index < -0.39 is 23.7 Å². The van der Waals surface area contributed by atoms with Crippen LogP contribution >= 0.6 is 0 Å². The summed E-state index contributed by atoms with van der Waals surface area (Å²) in [5, 5.41) is 11.4. The Morgan fingerprint density at radius 1 is 1.18 bits per heavy atom. The van der Waals surface area contributed by atoms with Gasteiger partial charge < -0.3 is 29.4 Å². The number of methoxy groups -OCH3 is 2. The molecule has 9 nitrogen and oxygen atoms in total. The summed E-state index contributed by atoms with van der Waals surface area (Å²) in [5.41, 5.74) is 1.90. The van der Waals surface area contributed by atoms with Crippen molar-refractivity contribution < 1.29 is 29.0 Å². The lowest BCUT2D eigenvalue weighted by Crippen LogP contribution is -2.35. The number of ether oxygens (including phenoxy) is 2. The quantitative estimate of drug-likeness (QED) is 0.285. The first-order chi connectivity index (χ1) is 15.6. The van der Waals surface area contributed by atoms with Gasteiger partial charge in [0.2, 0.25) is 0 Å². The number of likely N-dealkylation sites (N-methyl/N-ethyl adjacent to an activating group) is 1. The molecule has 0 radical (unpaired) electrons. The molecule has 0 spiro atoms.